The first-order valence-electron chi connectivity index (χ1n) is 4.23. The summed E-state index contributed by atoms with van der Waals surface area (Å²) < 4.78 is 6.19. The van der Waals surface area contributed by atoms with E-state index in [-0.39, 0.29) is 23.8 Å². The third-order valence-electron chi connectivity index (χ3n) is 2.01. The van der Waals surface area contributed by atoms with Crippen LogP contribution in [0.25, 0.3) is 0 Å². The first-order valence-corrected chi connectivity index (χ1v) is 5.05. The smallest absolute Gasteiger partial charge is 0.307 e. The molecule has 1 aromatic rings. The van der Waals surface area contributed by atoms with Gasteiger partial charge in [-0.1, -0.05) is 11.3 Å². The van der Waals surface area contributed by atoms with Gasteiger partial charge in [0.2, 0.25) is 0 Å². The number of ketones is 1. The molecule has 5 heteroatoms. The van der Waals surface area contributed by atoms with Crippen LogP contribution in [0.5, 0.6) is 0 Å². The van der Waals surface area contributed by atoms with Crippen LogP contribution in [0.15, 0.2) is 4.79 Å². The number of hydrogen-bond donors (Lipinski definition) is 0. The van der Waals surface area contributed by atoms with Gasteiger partial charge in [-0.15, -0.1) is 0 Å². The highest BCUT2D eigenvalue weighted by atomic mass is 32.1. The summed E-state index contributed by atoms with van der Waals surface area (Å²) in [4.78, 5) is 23.5. The number of rotatable bonds is 4. The molecular formula is C9H13NO3S. The zero-order valence-electron chi connectivity index (χ0n) is 8.49. The molecule has 78 valence electrons. The lowest BCUT2D eigenvalue weighted by Gasteiger charge is -2.02. The van der Waals surface area contributed by atoms with E-state index in [1.54, 1.807) is 0 Å². The van der Waals surface area contributed by atoms with Gasteiger partial charge in [0.15, 0.2) is 5.78 Å². The number of aryl methyl sites for hydroxylation is 1. The number of aromatic nitrogens is 1. The second-order valence-electron chi connectivity index (χ2n) is 3.07. The second kappa shape index (κ2) is 4.52. The normalized spacial score (nSPS) is 10.5. The van der Waals surface area contributed by atoms with Gasteiger partial charge in [0, 0.05) is 17.7 Å². The molecule has 14 heavy (non-hydrogen) atoms. The lowest BCUT2D eigenvalue weighted by molar-refractivity contribution is -0.123. The number of carbonyl (C=O) groups is 1. The van der Waals surface area contributed by atoms with Crippen LogP contribution in [0.1, 0.15) is 10.6 Å². The predicted molar refractivity (Wildman–Crippen MR) is 54.9 cm³/mol. The maximum atomic E-state index is 11.4. The minimum atomic E-state index is -0.0875. The Morgan fingerprint density at radius 1 is 1.50 bits per heavy atom. The standard InChI is InChI=1S/C9H13NO3S/c1-6-7(2)14-9(12)10(6)4-8(11)5-13-3/h4-5H2,1-3H3. The molecule has 1 heterocycles. The van der Waals surface area contributed by atoms with Gasteiger partial charge < -0.3 is 4.74 Å². The molecule has 0 radical (unpaired) electrons. The Morgan fingerprint density at radius 2 is 2.14 bits per heavy atom. The van der Waals surface area contributed by atoms with Crippen LogP contribution in [0.2, 0.25) is 0 Å². The van der Waals surface area contributed by atoms with Crippen molar-refractivity contribution in [1.82, 2.24) is 4.57 Å². The Balaban J connectivity index is 2.86. The van der Waals surface area contributed by atoms with Crippen molar-refractivity contribution in [3.05, 3.63) is 20.2 Å². The van der Waals surface area contributed by atoms with Crippen molar-refractivity contribution in [3.63, 3.8) is 0 Å². The van der Waals surface area contributed by atoms with Gasteiger partial charge in [-0.05, 0) is 13.8 Å². The number of ether oxygens (including phenoxy) is 1. The van der Waals surface area contributed by atoms with E-state index in [4.69, 9.17) is 4.74 Å². The molecule has 0 N–H and O–H groups in total. The highest BCUT2D eigenvalue weighted by Gasteiger charge is 2.10. The zero-order valence-corrected chi connectivity index (χ0v) is 9.31. The molecule has 1 aromatic heterocycles. The lowest BCUT2D eigenvalue weighted by atomic mass is 10.3. The van der Waals surface area contributed by atoms with Crippen molar-refractivity contribution >= 4 is 17.1 Å². The van der Waals surface area contributed by atoms with Crippen molar-refractivity contribution in [2.75, 3.05) is 13.7 Å². The minimum Gasteiger partial charge on any atom is -0.377 e. The van der Waals surface area contributed by atoms with Gasteiger partial charge in [-0.25, -0.2) is 0 Å². The van der Waals surface area contributed by atoms with Crippen molar-refractivity contribution < 1.29 is 9.53 Å². The number of hydrogen-bond acceptors (Lipinski definition) is 4. The molecule has 0 aliphatic carbocycles. The monoisotopic (exact) mass is 215 g/mol. The van der Waals surface area contributed by atoms with Crippen molar-refractivity contribution in [3.8, 4) is 0 Å². The van der Waals surface area contributed by atoms with Crippen LogP contribution < -0.4 is 4.87 Å². The lowest BCUT2D eigenvalue weighted by Crippen LogP contribution is -2.22. The molecule has 0 aromatic carbocycles. The number of methoxy groups -OCH3 is 1. The fourth-order valence-electron chi connectivity index (χ4n) is 1.15. The quantitative estimate of drug-likeness (QED) is 0.744. The molecule has 0 spiro atoms. The van der Waals surface area contributed by atoms with E-state index in [9.17, 15) is 9.59 Å². The first-order chi connectivity index (χ1) is 6.56. The molecule has 0 aliphatic heterocycles. The summed E-state index contributed by atoms with van der Waals surface area (Å²) in [5, 5.41) is 0. The van der Waals surface area contributed by atoms with Gasteiger partial charge in [0.25, 0.3) is 0 Å². The summed E-state index contributed by atoms with van der Waals surface area (Å²) >= 11 is 1.17. The SMILES string of the molecule is COCC(=O)Cn1c(C)c(C)sc1=O. The Bertz CT molecular complexity index is 391. The van der Waals surface area contributed by atoms with Crippen molar-refractivity contribution in [2.24, 2.45) is 0 Å². The first kappa shape index (κ1) is 11.1. The van der Waals surface area contributed by atoms with E-state index < -0.39 is 0 Å². The summed E-state index contributed by atoms with van der Waals surface area (Å²) in [6.45, 7) is 3.88. The fraction of sp³-hybridized carbons (Fsp3) is 0.556. The Kier molecular flexibility index (Phi) is 3.60. The third kappa shape index (κ3) is 2.30. The third-order valence-corrected chi connectivity index (χ3v) is 3.01. The van der Waals surface area contributed by atoms with E-state index in [1.165, 1.54) is 23.0 Å². The van der Waals surface area contributed by atoms with Crippen LogP contribution in [-0.4, -0.2) is 24.1 Å². The van der Waals surface area contributed by atoms with E-state index in [0.717, 1.165) is 10.6 Å². The molecule has 0 unspecified atom stereocenters. The topological polar surface area (TPSA) is 48.3 Å². The number of nitrogens with zero attached hydrogens (tertiary/aromatic N) is 1. The van der Waals surface area contributed by atoms with E-state index in [0.29, 0.717) is 0 Å². The summed E-state index contributed by atoms with van der Waals surface area (Å²) in [5.74, 6) is -0.0875. The molecule has 0 bridgehead atoms. The van der Waals surface area contributed by atoms with Crippen LogP contribution in [0.4, 0.5) is 0 Å². The molecule has 4 nitrogen and oxygen atoms in total. The van der Waals surface area contributed by atoms with Gasteiger partial charge in [0.1, 0.15) is 6.61 Å². The van der Waals surface area contributed by atoms with Gasteiger partial charge in [-0.3, -0.25) is 14.2 Å². The molecule has 0 aliphatic rings. The minimum absolute atomic E-state index is 0.0563. The molecule has 0 atom stereocenters. The number of carbonyl (C=O) groups excluding carboxylic acids is 1. The Labute approximate surface area is 86.1 Å². The van der Waals surface area contributed by atoms with Gasteiger partial charge in [-0.2, -0.15) is 0 Å². The Morgan fingerprint density at radius 3 is 2.57 bits per heavy atom. The zero-order chi connectivity index (χ0) is 10.7. The molecule has 0 saturated carbocycles. The van der Waals surface area contributed by atoms with Crippen LogP contribution in [0, 0.1) is 13.8 Å². The molecular weight excluding hydrogens is 202 g/mol. The van der Waals surface area contributed by atoms with Crippen LogP contribution >= 0.6 is 11.3 Å². The van der Waals surface area contributed by atoms with Crippen molar-refractivity contribution in [2.45, 2.75) is 20.4 Å². The molecule has 0 saturated heterocycles. The summed E-state index contributed by atoms with van der Waals surface area (Å²) in [6, 6.07) is 0. The Hall–Kier alpha value is -0.940. The number of Topliss-reactive ketones (excluding diaryl/α,β-unsaturated/α-hetero) is 1. The molecule has 0 amide bonds. The molecule has 0 fully saturated rings. The van der Waals surface area contributed by atoms with Gasteiger partial charge in [0.05, 0.1) is 6.54 Å². The van der Waals surface area contributed by atoms with Crippen LogP contribution in [-0.2, 0) is 16.1 Å². The number of thiazole rings is 1. The van der Waals surface area contributed by atoms with Crippen LogP contribution in [0.3, 0.4) is 0 Å². The summed E-state index contributed by atoms with van der Waals surface area (Å²) in [5.41, 5.74) is 0.865. The highest BCUT2D eigenvalue weighted by Crippen LogP contribution is 2.08. The van der Waals surface area contributed by atoms with Crippen molar-refractivity contribution in [1.29, 1.82) is 0 Å². The van der Waals surface area contributed by atoms with Gasteiger partial charge >= 0.3 is 4.87 Å². The maximum absolute atomic E-state index is 11.4. The van der Waals surface area contributed by atoms with E-state index in [1.807, 2.05) is 13.8 Å². The summed E-state index contributed by atoms with van der Waals surface area (Å²) in [7, 11) is 1.46. The largest absolute Gasteiger partial charge is 0.377 e. The molecule has 1 rings (SSSR count). The fourth-order valence-corrected chi connectivity index (χ4v) is 1.98. The maximum Gasteiger partial charge on any atom is 0.307 e. The van der Waals surface area contributed by atoms with E-state index >= 15 is 0 Å². The average Bonchev–Trinajstić information content (AvgIpc) is 2.33. The predicted octanol–water partition coefficient (Wildman–Crippen LogP) is 0.742. The van der Waals surface area contributed by atoms with E-state index in [2.05, 4.69) is 0 Å². The second-order valence-corrected chi connectivity index (χ2v) is 4.23. The summed E-state index contributed by atoms with van der Waals surface area (Å²) in [6.07, 6.45) is 0. The highest BCUT2D eigenvalue weighted by molar-refractivity contribution is 7.09. The average molecular weight is 215 g/mol.